The molecule has 0 aromatic carbocycles. The zero-order valence-electron chi connectivity index (χ0n) is 11.3. The van der Waals surface area contributed by atoms with Crippen LogP contribution in [0.15, 0.2) is 0 Å². The van der Waals surface area contributed by atoms with E-state index in [1.54, 1.807) is 6.92 Å². The summed E-state index contributed by atoms with van der Waals surface area (Å²) < 4.78 is 23.0. The van der Waals surface area contributed by atoms with Gasteiger partial charge in [0.05, 0.1) is 33.5 Å². The number of alkyl halides is 1. The van der Waals surface area contributed by atoms with Crippen LogP contribution in [0, 0.1) is 6.92 Å². The minimum atomic E-state index is -3.12. The highest BCUT2D eigenvalue weighted by atomic mass is 35.5. The Morgan fingerprint density at radius 2 is 2.14 bits per heavy atom. The summed E-state index contributed by atoms with van der Waals surface area (Å²) in [7, 11) is -3.12. The summed E-state index contributed by atoms with van der Waals surface area (Å²) in [6, 6.07) is -0.426. The molecule has 10 heteroatoms. The number of hydrogen-bond donors (Lipinski definition) is 2. The number of ketones is 1. The van der Waals surface area contributed by atoms with Gasteiger partial charge in [-0.1, -0.05) is 11.3 Å². The van der Waals surface area contributed by atoms with E-state index in [1.807, 2.05) is 0 Å². The van der Waals surface area contributed by atoms with Gasteiger partial charge in [0.2, 0.25) is 0 Å². The van der Waals surface area contributed by atoms with Gasteiger partial charge in [0.1, 0.15) is 0 Å². The van der Waals surface area contributed by atoms with Crippen LogP contribution >= 0.6 is 35.2 Å². The number of hydrogen-bond acceptors (Lipinski definition) is 6. The quantitative estimate of drug-likeness (QED) is 0.473. The third-order valence-corrected chi connectivity index (χ3v) is 6.71. The molecule has 0 saturated carbocycles. The zero-order chi connectivity index (χ0) is 15.8. The molecule has 1 aliphatic rings. The number of Topliss-reactive ketones (excluding diaryl/α,β-unsaturated/α-hetero) is 1. The Morgan fingerprint density at radius 3 is 2.62 bits per heavy atom. The molecule has 1 aliphatic heterocycles. The van der Waals surface area contributed by atoms with E-state index >= 15 is 0 Å². The molecule has 6 nitrogen and oxygen atoms in total. The molecule has 116 valence electrons. The Labute approximate surface area is 137 Å². The van der Waals surface area contributed by atoms with Crippen molar-refractivity contribution in [2.75, 3.05) is 16.8 Å². The van der Waals surface area contributed by atoms with E-state index < -0.39 is 21.3 Å². The molecule has 0 aliphatic carbocycles. The number of nitrogens with one attached hydrogen (secondary N) is 2. The smallest absolute Gasteiger partial charge is 0.189 e. The lowest BCUT2D eigenvalue weighted by atomic mass is 10.3. The van der Waals surface area contributed by atoms with Crippen LogP contribution in [0.2, 0.25) is 0 Å². The molecule has 1 fully saturated rings. The molecule has 0 unspecified atom stereocenters. The van der Waals surface area contributed by atoms with Crippen molar-refractivity contribution in [1.82, 2.24) is 10.3 Å². The van der Waals surface area contributed by atoms with E-state index in [0.29, 0.717) is 15.7 Å². The predicted octanol–water partition coefficient (Wildman–Crippen LogP) is 1.34. The molecule has 2 atom stereocenters. The first-order chi connectivity index (χ1) is 9.68. The summed E-state index contributed by atoms with van der Waals surface area (Å²) in [6.07, 6.45) is 0. The minimum absolute atomic E-state index is 0.0431. The molecule has 2 heterocycles. The number of anilines is 1. The van der Waals surface area contributed by atoms with Crippen LogP contribution in [0.5, 0.6) is 0 Å². The Balaban J connectivity index is 1.99. The summed E-state index contributed by atoms with van der Waals surface area (Å²) in [4.78, 5) is 16.1. The van der Waals surface area contributed by atoms with Crippen molar-refractivity contribution in [2.45, 2.75) is 25.3 Å². The van der Waals surface area contributed by atoms with Gasteiger partial charge < -0.3 is 10.6 Å². The highest BCUT2D eigenvalue weighted by molar-refractivity contribution is 7.91. The number of thiocarbonyl (C=S) groups is 1. The first kappa shape index (κ1) is 16.6. The van der Waals surface area contributed by atoms with E-state index in [9.17, 15) is 13.2 Å². The van der Waals surface area contributed by atoms with E-state index in [-0.39, 0.29) is 22.4 Å². The Bertz CT molecular complexity index is 686. The topological polar surface area (TPSA) is 88.2 Å². The van der Waals surface area contributed by atoms with Gasteiger partial charge in [0.15, 0.2) is 25.9 Å². The van der Waals surface area contributed by atoms with Gasteiger partial charge in [0.25, 0.3) is 0 Å². The fraction of sp³-hybridized carbons (Fsp3) is 0.545. The first-order valence-corrected chi connectivity index (χ1v) is 9.56. The number of nitrogens with zero attached hydrogens (tertiary/aromatic N) is 1. The van der Waals surface area contributed by atoms with Gasteiger partial charge >= 0.3 is 0 Å². The molecule has 2 rings (SSSR count). The molecule has 21 heavy (non-hydrogen) atoms. The number of aryl methyl sites for hydroxylation is 1. The molecule has 1 aromatic rings. The number of aromatic nitrogens is 1. The van der Waals surface area contributed by atoms with E-state index in [0.717, 1.165) is 0 Å². The fourth-order valence-corrected chi connectivity index (χ4v) is 5.74. The van der Waals surface area contributed by atoms with E-state index in [2.05, 4.69) is 15.6 Å². The maximum absolute atomic E-state index is 11.5. The molecule has 0 bridgehead atoms. The lowest BCUT2D eigenvalue weighted by molar-refractivity contribution is 0.102. The normalized spacial score (nSPS) is 23.8. The standard InChI is InChI=1S/C11H14ClN3O3S3/c1-5-9(6(2)16)20-11(13-5)15-10(19)14-8-4-21(17,18)3-7(8)12/h7-8H,3-4H2,1-2H3,(H2,13,14,15,19)/t7-,8+/m1/s1. The number of carbonyl (C=O) groups excluding carboxylic acids is 1. The average Bonchev–Trinajstić information content (AvgIpc) is 2.79. The van der Waals surface area contributed by atoms with Gasteiger partial charge in [0, 0.05) is 6.92 Å². The van der Waals surface area contributed by atoms with Gasteiger partial charge in [-0.2, -0.15) is 0 Å². The number of halogens is 1. The van der Waals surface area contributed by atoms with Crippen molar-refractivity contribution < 1.29 is 13.2 Å². The second-order valence-electron chi connectivity index (χ2n) is 4.79. The second kappa shape index (κ2) is 6.15. The van der Waals surface area contributed by atoms with Crippen molar-refractivity contribution in [3.8, 4) is 0 Å². The lowest BCUT2D eigenvalue weighted by Gasteiger charge is -2.16. The third-order valence-electron chi connectivity index (χ3n) is 2.94. The van der Waals surface area contributed by atoms with Crippen molar-refractivity contribution in [1.29, 1.82) is 0 Å². The molecule has 2 N–H and O–H groups in total. The fourth-order valence-electron chi connectivity index (χ4n) is 2.01. The summed E-state index contributed by atoms with van der Waals surface area (Å²) in [6.45, 7) is 3.22. The second-order valence-corrected chi connectivity index (χ2v) is 8.91. The van der Waals surface area contributed by atoms with E-state index in [4.69, 9.17) is 23.8 Å². The van der Waals surface area contributed by atoms with Gasteiger partial charge in [-0.05, 0) is 19.1 Å². The zero-order valence-corrected chi connectivity index (χ0v) is 14.5. The molecule has 1 saturated heterocycles. The van der Waals surface area contributed by atoms with Gasteiger partial charge in [-0.25, -0.2) is 13.4 Å². The molecule has 0 amide bonds. The Kier molecular flexibility index (Phi) is 4.86. The molecule has 0 spiro atoms. The monoisotopic (exact) mass is 367 g/mol. The maximum atomic E-state index is 11.5. The molecule has 1 aromatic heterocycles. The largest absolute Gasteiger partial charge is 0.357 e. The van der Waals surface area contributed by atoms with Crippen molar-refractivity contribution >= 4 is 61.0 Å². The number of thiazole rings is 1. The van der Waals surface area contributed by atoms with Crippen LogP contribution in [0.25, 0.3) is 0 Å². The van der Waals surface area contributed by atoms with Crippen LogP contribution < -0.4 is 10.6 Å². The third kappa shape index (κ3) is 4.12. The maximum Gasteiger partial charge on any atom is 0.189 e. The number of sulfone groups is 1. The van der Waals surface area contributed by atoms with Crippen LogP contribution in [-0.4, -0.2) is 47.2 Å². The van der Waals surface area contributed by atoms with Gasteiger partial charge in [-0.15, -0.1) is 11.6 Å². The lowest BCUT2D eigenvalue weighted by Crippen LogP contribution is -2.42. The predicted molar refractivity (Wildman–Crippen MR) is 88.3 cm³/mol. The highest BCUT2D eigenvalue weighted by Gasteiger charge is 2.36. The molecular formula is C11H14ClN3O3S3. The summed E-state index contributed by atoms with van der Waals surface area (Å²) in [5.74, 6) is -0.155. The average molecular weight is 368 g/mol. The number of rotatable bonds is 3. The summed E-state index contributed by atoms with van der Waals surface area (Å²) in [5, 5.41) is 5.95. The Morgan fingerprint density at radius 1 is 1.48 bits per heavy atom. The molecule has 0 radical (unpaired) electrons. The highest BCUT2D eigenvalue weighted by Crippen LogP contribution is 2.23. The summed E-state index contributed by atoms with van der Waals surface area (Å²) >= 11 is 12.3. The van der Waals surface area contributed by atoms with Crippen molar-refractivity contribution in [2.24, 2.45) is 0 Å². The van der Waals surface area contributed by atoms with Crippen molar-refractivity contribution in [3.05, 3.63) is 10.6 Å². The van der Waals surface area contributed by atoms with Crippen LogP contribution in [0.3, 0.4) is 0 Å². The SMILES string of the molecule is CC(=O)c1sc(NC(=S)N[C@H]2CS(=O)(=O)C[C@H]2Cl)nc1C. The first-order valence-electron chi connectivity index (χ1n) is 6.08. The van der Waals surface area contributed by atoms with Gasteiger partial charge in [-0.3, -0.25) is 4.79 Å². The summed E-state index contributed by atoms with van der Waals surface area (Å²) in [5.41, 5.74) is 0.636. The molecular weight excluding hydrogens is 354 g/mol. The van der Waals surface area contributed by atoms with Crippen molar-refractivity contribution in [3.63, 3.8) is 0 Å². The number of carbonyl (C=O) groups is 1. The van der Waals surface area contributed by atoms with Crippen LogP contribution in [0.1, 0.15) is 22.3 Å². The van der Waals surface area contributed by atoms with Crippen LogP contribution in [0.4, 0.5) is 5.13 Å². The Hall–Kier alpha value is -0.770. The van der Waals surface area contributed by atoms with E-state index in [1.165, 1.54) is 18.3 Å². The van der Waals surface area contributed by atoms with Crippen LogP contribution in [-0.2, 0) is 9.84 Å². The minimum Gasteiger partial charge on any atom is -0.357 e.